The molecule has 4 aliphatic rings. The summed E-state index contributed by atoms with van der Waals surface area (Å²) in [6.45, 7) is 12.0. The highest BCUT2D eigenvalue weighted by Gasteiger charge is 2.33. The zero-order valence-corrected chi connectivity index (χ0v) is 29.3. The molecule has 7 rings (SSSR count). The number of amides is 1. The molecule has 4 aliphatic heterocycles. The zero-order chi connectivity index (χ0) is 35.3. The lowest BCUT2D eigenvalue weighted by atomic mass is 10.00. The molecule has 4 saturated heterocycles. The number of methoxy groups -OCH3 is 1. The molecule has 0 aromatic heterocycles. The minimum atomic E-state index is -0.308. The third kappa shape index (κ3) is 7.67. The van der Waals surface area contributed by atoms with Crippen molar-refractivity contribution in [3.05, 3.63) is 84.7 Å². The monoisotopic (exact) mass is 695 g/mol. The van der Waals surface area contributed by atoms with Crippen LogP contribution in [0, 0.1) is 5.41 Å². The number of rotatable bonds is 11. The van der Waals surface area contributed by atoms with Crippen LogP contribution in [-0.4, -0.2) is 105 Å². The molecule has 3 aromatic rings. The molecule has 6 N–H and O–H groups in total. The van der Waals surface area contributed by atoms with Crippen LogP contribution in [0.2, 0.25) is 0 Å². The quantitative estimate of drug-likeness (QED) is 0.0653. The largest absolute Gasteiger partial charge is 0.494 e. The molecule has 13 nitrogen and oxygen atoms in total. The lowest BCUT2D eigenvalue weighted by Gasteiger charge is -2.46. The fraction of sp³-hybridized carbons (Fsp3) is 0.421. The van der Waals surface area contributed by atoms with E-state index in [0.29, 0.717) is 41.6 Å². The molecule has 1 atom stereocenters. The van der Waals surface area contributed by atoms with Gasteiger partial charge >= 0.3 is 0 Å². The molecular weight excluding hydrogens is 646 g/mol. The third-order valence-corrected chi connectivity index (χ3v) is 10.6. The van der Waals surface area contributed by atoms with Crippen LogP contribution in [0.5, 0.6) is 5.75 Å². The fourth-order valence-corrected chi connectivity index (χ4v) is 7.64. The molecule has 51 heavy (non-hydrogen) atoms. The van der Waals surface area contributed by atoms with E-state index in [9.17, 15) is 4.79 Å². The van der Waals surface area contributed by atoms with Gasteiger partial charge in [-0.05, 0) is 47.4 Å². The van der Waals surface area contributed by atoms with Crippen molar-refractivity contribution >= 4 is 39.6 Å². The predicted molar refractivity (Wildman–Crippen MR) is 201 cm³/mol. The van der Waals surface area contributed by atoms with Crippen molar-refractivity contribution in [1.82, 2.24) is 20.3 Å². The van der Waals surface area contributed by atoms with Crippen LogP contribution in [0.3, 0.4) is 0 Å². The predicted octanol–water partition coefficient (Wildman–Crippen LogP) is 4.03. The second-order valence-corrected chi connectivity index (χ2v) is 13.5. The van der Waals surface area contributed by atoms with Crippen LogP contribution in [0.25, 0.3) is 10.8 Å². The van der Waals surface area contributed by atoms with Crippen LogP contribution in [0.15, 0.2) is 79.1 Å². The molecule has 4 heterocycles. The van der Waals surface area contributed by atoms with Gasteiger partial charge in [0.1, 0.15) is 17.4 Å². The molecule has 1 amide bonds. The Hall–Kier alpha value is -4.66. The highest BCUT2D eigenvalue weighted by molar-refractivity contribution is 6.02. The Balaban J connectivity index is 1.05. The number of hydrogen-bond acceptors (Lipinski definition) is 11. The summed E-state index contributed by atoms with van der Waals surface area (Å²) in [5.41, 5.74) is 5.83. The van der Waals surface area contributed by atoms with E-state index in [1.54, 1.807) is 18.2 Å². The Morgan fingerprint density at radius 2 is 1.65 bits per heavy atom. The van der Waals surface area contributed by atoms with Crippen molar-refractivity contribution in [2.45, 2.75) is 37.4 Å². The van der Waals surface area contributed by atoms with Gasteiger partial charge in [0.2, 0.25) is 5.91 Å². The molecular formula is C38H49N9O4. The average molecular weight is 696 g/mol. The van der Waals surface area contributed by atoms with E-state index in [0.717, 1.165) is 93.8 Å². The molecule has 13 heteroatoms. The van der Waals surface area contributed by atoms with Crippen molar-refractivity contribution in [3.8, 4) is 5.75 Å². The number of carbonyl (C=O) groups is 1. The first kappa shape index (κ1) is 34.8. The number of hydroxylamine groups is 2. The number of piperazine rings is 1. The van der Waals surface area contributed by atoms with Gasteiger partial charge in [0.05, 0.1) is 56.1 Å². The first-order valence-corrected chi connectivity index (χ1v) is 17.8. The van der Waals surface area contributed by atoms with Gasteiger partial charge in [-0.25, -0.2) is 10.9 Å². The van der Waals surface area contributed by atoms with Crippen molar-refractivity contribution in [3.63, 3.8) is 0 Å². The number of carbonyl (C=O) groups excluding carboxylic acids is 1. The zero-order valence-electron chi connectivity index (χ0n) is 29.3. The lowest BCUT2D eigenvalue weighted by molar-refractivity contribution is -0.111. The minimum Gasteiger partial charge on any atom is -0.494 e. The van der Waals surface area contributed by atoms with Gasteiger partial charge in [0.25, 0.3) is 0 Å². The standard InChI is InChI=1S/C38H49N9O4/c1-3-38(48)42-31-21-32(35(49-2)22-34(31)46-13-10-29(11-14-46)44-15-17-45(18-16-44)30-24-50-25-30)41-37(43-40)23-36(39)47-33(12-19-51-47)28-9-8-26-6-4-5-7-27(26)20-28/h3-9,20-23,29-30,33,39,41,43H,1,10-19,24-25,40H2,2H3,(H,42,48)/b37-23-,39-36?/t33-/m1/s1. The Kier molecular flexibility index (Phi) is 10.7. The summed E-state index contributed by atoms with van der Waals surface area (Å²) in [5, 5.41) is 19.2. The van der Waals surface area contributed by atoms with Crippen LogP contribution >= 0.6 is 0 Å². The van der Waals surface area contributed by atoms with E-state index < -0.39 is 0 Å². The van der Waals surface area contributed by atoms with Crippen molar-refractivity contribution in [2.75, 3.05) is 81.7 Å². The van der Waals surface area contributed by atoms with Crippen molar-refractivity contribution in [2.24, 2.45) is 5.84 Å². The highest BCUT2D eigenvalue weighted by atomic mass is 16.7. The summed E-state index contributed by atoms with van der Waals surface area (Å²) in [6, 6.07) is 19.4. The summed E-state index contributed by atoms with van der Waals surface area (Å²) >= 11 is 0. The summed E-state index contributed by atoms with van der Waals surface area (Å²) in [4.78, 5) is 26.1. The van der Waals surface area contributed by atoms with Gasteiger partial charge in [-0.15, -0.1) is 0 Å². The number of ether oxygens (including phenoxy) is 2. The smallest absolute Gasteiger partial charge is 0.247 e. The normalized spacial score (nSPS) is 21.0. The molecule has 270 valence electrons. The highest BCUT2D eigenvalue weighted by Crippen LogP contribution is 2.39. The van der Waals surface area contributed by atoms with Crippen LogP contribution < -0.4 is 31.5 Å². The number of amidine groups is 1. The van der Waals surface area contributed by atoms with Gasteiger partial charge in [-0.2, -0.15) is 0 Å². The van der Waals surface area contributed by atoms with E-state index in [1.165, 1.54) is 6.08 Å². The number of benzene rings is 3. The molecule has 3 aromatic carbocycles. The topological polar surface area (TPSA) is 144 Å². The number of fused-ring (bicyclic) bond motifs is 1. The minimum absolute atomic E-state index is 0.122. The Morgan fingerprint density at radius 3 is 2.31 bits per heavy atom. The molecule has 0 aliphatic carbocycles. The number of nitrogens with one attached hydrogen (secondary N) is 4. The van der Waals surface area contributed by atoms with Crippen LogP contribution in [0.1, 0.15) is 30.9 Å². The first-order valence-electron chi connectivity index (χ1n) is 17.8. The molecule has 0 spiro atoms. The SMILES string of the molecule is C=CC(=O)Nc1cc(N/C(=C/C(=N)N2OCC[C@@H]2c2ccc3ccccc3c2)NN)c(OC)cc1N1CCC(N2CCN(C3COC3)CC2)CC1. The number of hydrogen-bond donors (Lipinski definition) is 5. The van der Waals surface area contributed by atoms with E-state index >= 15 is 0 Å². The number of nitrogens with two attached hydrogens (primary N) is 1. The van der Waals surface area contributed by atoms with E-state index in [2.05, 4.69) is 67.7 Å². The molecule has 4 fully saturated rings. The van der Waals surface area contributed by atoms with E-state index in [4.69, 9.17) is 25.6 Å². The second kappa shape index (κ2) is 15.7. The Morgan fingerprint density at radius 1 is 0.922 bits per heavy atom. The van der Waals surface area contributed by atoms with Gasteiger partial charge < -0.3 is 30.4 Å². The lowest BCUT2D eigenvalue weighted by Crippen LogP contribution is -2.59. The summed E-state index contributed by atoms with van der Waals surface area (Å²) < 4.78 is 11.3. The average Bonchev–Trinajstić information content (AvgIpc) is 3.65. The maximum Gasteiger partial charge on any atom is 0.247 e. The summed E-state index contributed by atoms with van der Waals surface area (Å²) in [6.07, 6.45) is 5.67. The fourth-order valence-electron chi connectivity index (χ4n) is 7.64. The third-order valence-electron chi connectivity index (χ3n) is 10.6. The Bertz CT molecular complexity index is 1760. The Labute approximate surface area is 299 Å². The number of nitrogens with zero attached hydrogens (tertiary/aromatic N) is 4. The molecule has 0 bridgehead atoms. The van der Waals surface area contributed by atoms with Crippen LogP contribution in [0.4, 0.5) is 17.1 Å². The van der Waals surface area contributed by atoms with Crippen molar-refractivity contribution in [1.29, 1.82) is 5.41 Å². The van der Waals surface area contributed by atoms with Gasteiger partial charge in [-0.3, -0.25) is 24.8 Å². The number of piperidine rings is 1. The van der Waals surface area contributed by atoms with Gasteiger partial charge in [0, 0.05) is 63.9 Å². The summed E-state index contributed by atoms with van der Waals surface area (Å²) in [5.74, 6) is 6.72. The molecule has 0 unspecified atom stereocenters. The van der Waals surface area contributed by atoms with E-state index in [1.807, 2.05) is 24.3 Å². The number of hydrazine groups is 1. The van der Waals surface area contributed by atoms with Crippen LogP contribution in [-0.2, 0) is 14.4 Å². The van der Waals surface area contributed by atoms with E-state index in [-0.39, 0.29) is 17.8 Å². The van der Waals surface area contributed by atoms with Gasteiger partial charge in [0.15, 0.2) is 0 Å². The maximum atomic E-state index is 12.6. The van der Waals surface area contributed by atoms with Gasteiger partial charge in [-0.1, -0.05) is 43.0 Å². The van der Waals surface area contributed by atoms with Crippen molar-refractivity contribution < 1.29 is 19.1 Å². The second-order valence-electron chi connectivity index (χ2n) is 13.5. The molecule has 0 radical (unpaired) electrons. The first-order chi connectivity index (χ1) is 24.9. The number of anilines is 3. The summed E-state index contributed by atoms with van der Waals surface area (Å²) in [7, 11) is 1.61. The molecule has 0 saturated carbocycles. The maximum absolute atomic E-state index is 12.6.